The molecule has 162 valence electrons. The Bertz CT molecular complexity index is 1020. The molecule has 2 aromatic carbocycles. The summed E-state index contributed by atoms with van der Waals surface area (Å²) in [6, 6.07) is 15.1. The van der Waals surface area contributed by atoms with Crippen LogP contribution in [-0.4, -0.2) is 60.8 Å². The van der Waals surface area contributed by atoms with Crippen molar-refractivity contribution in [3.05, 3.63) is 59.4 Å². The van der Waals surface area contributed by atoms with Gasteiger partial charge in [-0.05, 0) is 43.4 Å². The second-order valence-electron chi connectivity index (χ2n) is 7.39. The van der Waals surface area contributed by atoms with Crippen molar-refractivity contribution in [1.29, 1.82) is 0 Å². The van der Waals surface area contributed by atoms with Gasteiger partial charge >= 0.3 is 0 Å². The van der Waals surface area contributed by atoms with Gasteiger partial charge in [0.25, 0.3) is 0 Å². The predicted molar refractivity (Wildman–Crippen MR) is 119 cm³/mol. The lowest BCUT2D eigenvalue weighted by atomic mass is 10.2. The van der Waals surface area contributed by atoms with E-state index < -0.39 is 0 Å². The summed E-state index contributed by atoms with van der Waals surface area (Å²) in [5.41, 5.74) is 2.67. The Morgan fingerprint density at radius 3 is 2.71 bits per heavy atom. The molecular weight excluding hydrogens is 418 g/mol. The third-order valence-electron chi connectivity index (χ3n) is 4.90. The SMILES string of the molecule is CN(CC(=O)Nc1ccc(N2CCOCC2)cc1)Cc1nc(-c2cccc(Cl)c2)no1. The van der Waals surface area contributed by atoms with Gasteiger partial charge in [0.05, 0.1) is 26.3 Å². The number of likely N-dealkylation sites (N-methyl/N-ethyl adjacent to an activating group) is 1. The minimum atomic E-state index is -0.115. The first kappa shape index (κ1) is 21.3. The summed E-state index contributed by atoms with van der Waals surface area (Å²) in [6.45, 7) is 3.80. The highest BCUT2D eigenvalue weighted by Crippen LogP contribution is 2.21. The molecule has 8 nitrogen and oxygen atoms in total. The van der Waals surface area contributed by atoms with E-state index in [2.05, 4.69) is 20.4 Å². The van der Waals surface area contributed by atoms with E-state index in [4.69, 9.17) is 20.9 Å². The van der Waals surface area contributed by atoms with Crippen molar-refractivity contribution in [2.24, 2.45) is 0 Å². The molecule has 1 aromatic heterocycles. The Balaban J connectivity index is 1.28. The number of morpholine rings is 1. The highest BCUT2D eigenvalue weighted by molar-refractivity contribution is 6.30. The second kappa shape index (κ2) is 9.91. The van der Waals surface area contributed by atoms with Gasteiger partial charge in [-0.3, -0.25) is 9.69 Å². The quantitative estimate of drug-likeness (QED) is 0.602. The Labute approximate surface area is 185 Å². The summed E-state index contributed by atoms with van der Waals surface area (Å²) in [5, 5.41) is 7.52. The number of nitrogens with zero attached hydrogens (tertiary/aromatic N) is 4. The molecule has 1 fully saturated rings. The lowest BCUT2D eigenvalue weighted by Gasteiger charge is -2.28. The summed E-state index contributed by atoms with van der Waals surface area (Å²) >= 11 is 6.01. The Kier molecular flexibility index (Phi) is 6.81. The van der Waals surface area contributed by atoms with Gasteiger partial charge in [-0.1, -0.05) is 28.9 Å². The number of halogens is 1. The average molecular weight is 442 g/mol. The van der Waals surface area contributed by atoms with Crippen LogP contribution in [0.2, 0.25) is 5.02 Å². The van der Waals surface area contributed by atoms with E-state index >= 15 is 0 Å². The van der Waals surface area contributed by atoms with Crippen LogP contribution in [0.5, 0.6) is 0 Å². The van der Waals surface area contributed by atoms with Crippen molar-refractivity contribution in [3.8, 4) is 11.4 Å². The third-order valence-corrected chi connectivity index (χ3v) is 5.13. The van der Waals surface area contributed by atoms with E-state index in [0.29, 0.717) is 23.3 Å². The van der Waals surface area contributed by atoms with Gasteiger partial charge in [-0.15, -0.1) is 0 Å². The molecule has 9 heteroatoms. The maximum absolute atomic E-state index is 12.4. The van der Waals surface area contributed by atoms with Gasteiger partial charge in [-0.2, -0.15) is 4.98 Å². The zero-order chi connectivity index (χ0) is 21.6. The number of amides is 1. The number of hydrogen-bond donors (Lipinski definition) is 1. The number of carbonyl (C=O) groups excluding carboxylic acids is 1. The van der Waals surface area contributed by atoms with Gasteiger partial charge in [-0.25, -0.2) is 0 Å². The molecule has 0 aliphatic carbocycles. The maximum atomic E-state index is 12.4. The van der Waals surface area contributed by atoms with E-state index in [1.165, 1.54) is 0 Å². The number of rotatable bonds is 7. The summed E-state index contributed by atoms with van der Waals surface area (Å²) in [4.78, 5) is 20.9. The fourth-order valence-electron chi connectivity index (χ4n) is 3.37. The first-order valence-corrected chi connectivity index (χ1v) is 10.4. The van der Waals surface area contributed by atoms with Crippen LogP contribution >= 0.6 is 11.6 Å². The molecule has 31 heavy (non-hydrogen) atoms. The lowest BCUT2D eigenvalue weighted by molar-refractivity contribution is -0.117. The zero-order valence-electron chi connectivity index (χ0n) is 17.3. The number of hydrogen-bond acceptors (Lipinski definition) is 7. The number of nitrogens with one attached hydrogen (secondary N) is 1. The van der Waals surface area contributed by atoms with Gasteiger partial charge < -0.3 is 19.5 Å². The zero-order valence-corrected chi connectivity index (χ0v) is 18.0. The predicted octanol–water partition coefficient (Wildman–Crippen LogP) is 3.30. The smallest absolute Gasteiger partial charge is 0.241 e. The number of benzene rings is 2. The van der Waals surface area contributed by atoms with Crippen LogP contribution in [0.3, 0.4) is 0 Å². The summed E-state index contributed by atoms with van der Waals surface area (Å²) < 4.78 is 10.7. The van der Waals surface area contributed by atoms with Gasteiger partial charge in [0.2, 0.25) is 17.6 Å². The van der Waals surface area contributed by atoms with Crippen molar-refractivity contribution in [1.82, 2.24) is 15.0 Å². The minimum absolute atomic E-state index is 0.115. The van der Waals surface area contributed by atoms with E-state index in [-0.39, 0.29) is 12.5 Å². The molecule has 1 N–H and O–H groups in total. The summed E-state index contributed by atoms with van der Waals surface area (Å²) in [5.74, 6) is 0.784. The molecule has 0 saturated carbocycles. The largest absolute Gasteiger partial charge is 0.378 e. The fourth-order valence-corrected chi connectivity index (χ4v) is 3.56. The molecule has 0 atom stereocenters. The normalized spacial score (nSPS) is 14.1. The molecule has 0 unspecified atom stereocenters. The van der Waals surface area contributed by atoms with Crippen LogP contribution in [0.1, 0.15) is 5.89 Å². The molecule has 1 saturated heterocycles. The molecular formula is C22H24ClN5O3. The molecule has 0 spiro atoms. The molecule has 0 bridgehead atoms. The molecule has 3 aromatic rings. The topological polar surface area (TPSA) is 83.7 Å². The summed E-state index contributed by atoms with van der Waals surface area (Å²) in [6.07, 6.45) is 0. The van der Waals surface area contributed by atoms with Gasteiger partial charge in [0.15, 0.2) is 0 Å². The van der Waals surface area contributed by atoms with Crippen molar-refractivity contribution < 1.29 is 14.1 Å². The van der Waals surface area contributed by atoms with Crippen LogP contribution in [0.4, 0.5) is 11.4 Å². The molecule has 0 radical (unpaired) electrons. The van der Waals surface area contributed by atoms with E-state index in [0.717, 1.165) is 43.2 Å². The minimum Gasteiger partial charge on any atom is -0.378 e. The van der Waals surface area contributed by atoms with Crippen LogP contribution in [-0.2, 0) is 16.1 Å². The van der Waals surface area contributed by atoms with Crippen LogP contribution in [0.25, 0.3) is 11.4 Å². The van der Waals surface area contributed by atoms with Gasteiger partial charge in [0, 0.05) is 35.1 Å². The first-order valence-electron chi connectivity index (χ1n) is 10.1. The monoisotopic (exact) mass is 441 g/mol. The molecule has 1 aliphatic heterocycles. The van der Waals surface area contributed by atoms with Crippen LogP contribution < -0.4 is 10.2 Å². The van der Waals surface area contributed by atoms with Crippen molar-refractivity contribution in [2.75, 3.05) is 50.1 Å². The van der Waals surface area contributed by atoms with E-state index in [1.54, 1.807) is 12.1 Å². The first-order chi connectivity index (χ1) is 15.1. The number of anilines is 2. The van der Waals surface area contributed by atoms with E-state index in [9.17, 15) is 4.79 Å². The number of carbonyl (C=O) groups is 1. The second-order valence-corrected chi connectivity index (χ2v) is 7.83. The number of ether oxygens (including phenoxy) is 1. The van der Waals surface area contributed by atoms with E-state index in [1.807, 2.05) is 48.3 Å². The van der Waals surface area contributed by atoms with Crippen molar-refractivity contribution in [2.45, 2.75) is 6.54 Å². The van der Waals surface area contributed by atoms with Crippen molar-refractivity contribution in [3.63, 3.8) is 0 Å². The highest BCUT2D eigenvalue weighted by atomic mass is 35.5. The Hall–Kier alpha value is -2.94. The standard InChI is InChI=1S/C22H24ClN5O3/c1-27(15-21-25-22(26-31-21)16-3-2-4-17(23)13-16)14-20(29)24-18-5-7-19(8-6-18)28-9-11-30-12-10-28/h2-8,13H,9-12,14-15H2,1H3,(H,24,29). The van der Waals surface area contributed by atoms with Crippen LogP contribution in [0.15, 0.2) is 53.1 Å². The number of aromatic nitrogens is 2. The summed E-state index contributed by atoms with van der Waals surface area (Å²) in [7, 11) is 1.82. The fraction of sp³-hybridized carbons (Fsp3) is 0.318. The van der Waals surface area contributed by atoms with Crippen molar-refractivity contribution >= 4 is 28.9 Å². The highest BCUT2D eigenvalue weighted by Gasteiger charge is 2.14. The Morgan fingerprint density at radius 2 is 1.97 bits per heavy atom. The average Bonchev–Trinajstić information content (AvgIpc) is 3.23. The molecule has 1 amide bonds. The maximum Gasteiger partial charge on any atom is 0.241 e. The molecule has 1 aliphatic rings. The lowest BCUT2D eigenvalue weighted by Crippen LogP contribution is -2.36. The Morgan fingerprint density at radius 1 is 1.19 bits per heavy atom. The molecule has 4 rings (SSSR count). The molecule has 2 heterocycles. The third kappa shape index (κ3) is 5.81. The van der Waals surface area contributed by atoms with Crippen LogP contribution in [0, 0.1) is 0 Å². The van der Waals surface area contributed by atoms with Gasteiger partial charge in [0.1, 0.15) is 0 Å².